The van der Waals surface area contributed by atoms with E-state index in [2.05, 4.69) is 48.9 Å². The topological polar surface area (TPSA) is 107 Å². The highest BCUT2D eigenvalue weighted by molar-refractivity contribution is 9.13. The Morgan fingerprint density at radius 2 is 1.54 bits per heavy atom. The number of fused-ring (bicyclic) bond motifs is 4. The summed E-state index contributed by atoms with van der Waals surface area (Å²) in [4.78, 5) is 65.2. The first-order valence-corrected chi connectivity index (χ1v) is 21.3. The van der Waals surface area contributed by atoms with Crippen molar-refractivity contribution < 1.29 is 29.0 Å². The predicted octanol–water partition coefficient (Wildman–Crippen LogP) is 8.41. The zero-order valence-electron chi connectivity index (χ0n) is 31.1. The van der Waals surface area contributed by atoms with E-state index in [1.54, 1.807) is 35.2 Å². The first-order chi connectivity index (χ1) is 27.6. The van der Waals surface area contributed by atoms with E-state index in [4.69, 9.17) is 16.3 Å². The molecule has 6 atom stereocenters. The van der Waals surface area contributed by atoms with Crippen molar-refractivity contribution in [2.75, 3.05) is 25.1 Å². The molecule has 9 rings (SSSR count). The molecule has 4 aromatic rings. The smallest absolute Gasteiger partial charge is 0.246 e. The molecule has 6 unspecified atom stereocenters. The standard InChI is InChI=1S/C45H40Br2ClN3O6/c1-57-35-23-33(38(46)39(47)40(35)52)37-30-15-16-31-36(43(55)50(41(31)53)28-17-19-49(20-18-28)24-25-9-4-2-5-10-25)32(30)22-34-42(54)51(29-14-8-13-27(48)21-29)44(56)45(34,37)26-11-6-3-7-12-26/h2-15,21,23,28,31-32,34,36-37,52H,16-20,22,24H2,1H3. The summed E-state index contributed by atoms with van der Waals surface area (Å²) < 4.78 is 6.48. The Hall–Kier alpha value is -4.29. The molecule has 3 heterocycles. The van der Waals surface area contributed by atoms with Gasteiger partial charge in [-0.1, -0.05) is 90.0 Å². The van der Waals surface area contributed by atoms with Gasteiger partial charge in [0, 0.05) is 41.1 Å². The summed E-state index contributed by atoms with van der Waals surface area (Å²) in [6.07, 6.45) is 3.94. The molecule has 4 amide bonds. The maximum atomic E-state index is 15.6. The number of hydrogen-bond donors (Lipinski definition) is 1. The lowest BCUT2D eigenvalue weighted by Gasteiger charge is -2.51. The molecule has 12 heteroatoms. The minimum Gasteiger partial charge on any atom is -0.503 e. The summed E-state index contributed by atoms with van der Waals surface area (Å²) in [5.41, 5.74) is 2.19. The van der Waals surface area contributed by atoms with Gasteiger partial charge < -0.3 is 9.84 Å². The third-order valence-corrected chi connectivity index (χ3v) is 15.5. The van der Waals surface area contributed by atoms with E-state index in [9.17, 15) is 14.7 Å². The van der Waals surface area contributed by atoms with Gasteiger partial charge in [-0.3, -0.25) is 29.0 Å². The second kappa shape index (κ2) is 14.8. The fourth-order valence-corrected chi connectivity index (χ4v) is 11.8. The molecule has 2 aliphatic carbocycles. The number of phenolic OH excluding ortho intramolecular Hbond substituents is 1. The zero-order chi connectivity index (χ0) is 39.7. The number of rotatable bonds is 7. The normalized spacial score (nSPS) is 27.6. The largest absolute Gasteiger partial charge is 0.503 e. The number of methoxy groups -OCH3 is 1. The van der Waals surface area contributed by atoms with E-state index >= 15 is 9.59 Å². The lowest BCUT2D eigenvalue weighted by molar-refractivity contribution is -0.144. The molecule has 4 fully saturated rings. The van der Waals surface area contributed by atoms with Crippen LogP contribution in [-0.4, -0.2) is 64.8 Å². The van der Waals surface area contributed by atoms with E-state index in [-0.39, 0.29) is 35.8 Å². The molecule has 4 aromatic carbocycles. The number of allylic oxidation sites excluding steroid dienone is 2. The van der Waals surface area contributed by atoms with Crippen LogP contribution in [0.1, 0.15) is 48.3 Å². The number of hydrogen-bond acceptors (Lipinski definition) is 7. The number of aromatic hydroxyl groups is 1. The number of likely N-dealkylation sites (tertiary alicyclic amines) is 2. The van der Waals surface area contributed by atoms with Crippen LogP contribution in [0.3, 0.4) is 0 Å². The minimum atomic E-state index is -1.48. The van der Waals surface area contributed by atoms with Crippen molar-refractivity contribution in [2.24, 2.45) is 23.7 Å². The van der Waals surface area contributed by atoms with E-state index in [1.807, 2.05) is 54.6 Å². The summed E-state index contributed by atoms with van der Waals surface area (Å²) >= 11 is 13.8. The highest BCUT2D eigenvalue weighted by atomic mass is 79.9. The van der Waals surface area contributed by atoms with Gasteiger partial charge in [0.2, 0.25) is 23.6 Å². The molecule has 0 radical (unpaired) electrons. The second-order valence-corrected chi connectivity index (χ2v) is 17.8. The fourth-order valence-electron chi connectivity index (χ4n) is 10.6. The Morgan fingerprint density at radius 1 is 0.842 bits per heavy atom. The van der Waals surface area contributed by atoms with Crippen LogP contribution in [0.15, 0.2) is 112 Å². The molecule has 3 aliphatic heterocycles. The van der Waals surface area contributed by atoms with Gasteiger partial charge in [0.15, 0.2) is 11.5 Å². The number of amides is 4. The van der Waals surface area contributed by atoms with Crippen molar-refractivity contribution in [3.8, 4) is 11.5 Å². The molecular formula is C45H40Br2ClN3O6. The van der Waals surface area contributed by atoms with Crippen molar-refractivity contribution in [3.63, 3.8) is 0 Å². The van der Waals surface area contributed by atoms with Crippen molar-refractivity contribution in [1.29, 1.82) is 0 Å². The summed E-state index contributed by atoms with van der Waals surface area (Å²) in [6, 6.07) is 27.9. The van der Waals surface area contributed by atoms with Gasteiger partial charge >= 0.3 is 0 Å². The third kappa shape index (κ3) is 5.94. The lowest BCUT2D eigenvalue weighted by Crippen LogP contribution is -2.53. The van der Waals surface area contributed by atoms with Crippen LogP contribution in [-0.2, 0) is 31.1 Å². The number of carbonyl (C=O) groups is 4. The summed E-state index contributed by atoms with van der Waals surface area (Å²) in [5, 5.41) is 11.5. The number of benzene rings is 4. The van der Waals surface area contributed by atoms with Crippen molar-refractivity contribution in [3.05, 3.63) is 133 Å². The zero-order valence-corrected chi connectivity index (χ0v) is 35.0. The van der Waals surface area contributed by atoms with Crippen molar-refractivity contribution >= 4 is 72.8 Å². The van der Waals surface area contributed by atoms with Gasteiger partial charge in [0.25, 0.3) is 0 Å². The molecule has 0 aromatic heterocycles. The Labute approximate surface area is 352 Å². The van der Waals surface area contributed by atoms with Gasteiger partial charge in [-0.15, -0.1) is 0 Å². The van der Waals surface area contributed by atoms with E-state index in [0.717, 1.165) is 25.2 Å². The SMILES string of the molecule is COc1cc(C2C3=CCC4C(=O)N(C5CCN(Cc6ccccc6)CC5)C(=O)C4C3CC3C(=O)N(c4cccc(Cl)c4)C(=O)C32c2ccccc2)c(Br)c(Br)c1O. The van der Waals surface area contributed by atoms with Crippen LogP contribution >= 0.6 is 43.5 Å². The number of nitrogens with zero attached hydrogens (tertiary/aromatic N) is 3. The molecule has 1 saturated carbocycles. The monoisotopic (exact) mass is 911 g/mol. The van der Waals surface area contributed by atoms with Crippen LogP contribution in [0.4, 0.5) is 5.69 Å². The number of phenols is 1. The Bertz CT molecular complexity index is 2330. The van der Waals surface area contributed by atoms with Crippen LogP contribution in [0.2, 0.25) is 5.02 Å². The van der Waals surface area contributed by atoms with Gasteiger partial charge in [-0.05, 0) is 104 Å². The fraction of sp³-hybridized carbons (Fsp3) is 0.333. The average Bonchev–Trinajstić information content (AvgIpc) is 3.62. The van der Waals surface area contributed by atoms with Gasteiger partial charge in [0.05, 0.1) is 40.4 Å². The van der Waals surface area contributed by atoms with Gasteiger partial charge in [0.1, 0.15) is 0 Å². The van der Waals surface area contributed by atoms with E-state index < -0.39 is 46.8 Å². The summed E-state index contributed by atoms with van der Waals surface area (Å²) in [5.74, 6) is -4.59. The number of halogens is 3. The molecule has 57 heavy (non-hydrogen) atoms. The minimum absolute atomic E-state index is 0.125. The lowest BCUT2D eigenvalue weighted by atomic mass is 9.49. The number of anilines is 1. The molecular weight excluding hydrogens is 874 g/mol. The predicted molar refractivity (Wildman–Crippen MR) is 223 cm³/mol. The first kappa shape index (κ1) is 38.2. The Balaban J connectivity index is 1.16. The van der Waals surface area contributed by atoms with E-state index in [0.29, 0.717) is 50.0 Å². The first-order valence-electron chi connectivity index (χ1n) is 19.3. The van der Waals surface area contributed by atoms with Crippen molar-refractivity contribution in [1.82, 2.24) is 9.80 Å². The maximum absolute atomic E-state index is 15.6. The Morgan fingerprint density at radius 3 is 2.23 bits per heavy atom. The number of piperidine rings is 1. The Kier molecular flexibility index (Phi) is 9.95. The number of carbonyl (C=O) groups excluding carboxylic acids is 4. The second-order valence-electron chi connectivity index (χ2n) is 15.8. The molecule has 5 aliphatic rings. The van der Waals surface area contributed by atoms with Crippen LogP contribution in [0.5, 0.6) is 11.5 Å². The molecule has 1 N–H and O–H groups in total. The van der Waals surface area contributed by atoms with Crippen molar-refractivity contribution in [2.45, 2.75) is 49.6 Å². The molecule has 3 saturated heterocycles. The third-order valence-electron chi connectivity index (χ3n) is 13.1. The van der Waals surface area contributed by atoms with Crippen LogP contribution in [0, 0.1) is 23.7 Å². The summed E-state index contributed by atoms with van der Waals surface area (Å²) in [7, 11) is 1.46. The van der Waals surface area contributed by atoms with Gasteiger partial charge in [-0.2, -0.15) is 0 Å². The molecule has 9 nitrogen and oxygen atoms in total. The highest BCUT2D eigenvalue weighted by Gasteiger charge is 2.70. The molecule has 0 spiro atoms. The van der Waals surface area contributed by atoms with E-state index in [1.165, 1.54) is 17.6 Å². The number of imide groups is 2. The molecule has 292 valence electrons. The maximum Gasteiger partial charge on any atom is 0.246 e. The average molecular weight is 914 g/mol. The van der Waals surface area contributed by atoms with Crippen LogP contribution in [0.25, 0.3) is 0 Å². The van der Waals surface area contributed by atoms with Crippen LogP contribution < -0.4 is 9.64 Å². The quantitative estimate of drug-likeness (QED) is 0.147. The number of ether oxygens (including phenoxy) is 1. The van der Waals surface area contributed by atoms with Gasteiger partial charge in [-0.25, -0.2) is 4.90 Å². The molecule has 0 bridgehead atoms. The summed E-state index contributed by atoms with van der Waals surface area (Å²) in [6.45, 7) is 2.35. The highest BCUT2D eigenvalue weighted by Crippen LogP contribution is 2.66.